The van der Waals surface area contributed by atoms with Crippen molar-refractivity contribution in [1.29, 1.82) is 0 Å². The summed E-state index contributed by atoms with van der Waals surface area (Å²) in [6.45, 7) is 6.17. The Morgan fingerprint density at radius 3 is 2.47 bits per heavy atom. The number of hydrogen-bond acceptors (Lipinski definition) is 4. The van der Waals surface area contributed by atoms with Gasteiger partial charge in [-0.25, -0.2) is 21.6 Å². The minimum absolute atomic E-state index is 0.00509. The van der Waals surface area contributed by atoms with Gasteiger partial charge in [0.25, 0.3) is 0 Å². The highest BCUT2D eigenvalue weighted by molar-refractivity contribution is 7.85. The number of benzene rings is 1. The molecule has 3 atom stereocenters. The Kier molecular flexibility index (Phi) is 7.15. The second kappa shape index (κ2) is 8.62. The summed E-state index contributed by atoms with van der Waals surface area (Å²) in [7, 11) is -7.59. The van der Waals surface area contributed by atoms with Gasteiger partial charge < -0.3 is 9.87 Å². The lowest BCUT2D eigenvalue weighted by Gasteiger charge is -2.41. The van der Waals surface area contributed by atoms with Gasteiger partial charge in [-0.3, -0.25) is 4.79 Å². The lowest BCUT2D eigenvalue weighted by Crippen LogP contribution is -2.59. The van der Waals surface area contributed by atoms with Crippen LogP contribution in [0.2, 0.25) is 19.6 Å². The number of hydrogen-bond donors (Lipinski definition) is 1. The Morgan fingerprint density at radius 2 is 1.97 bits per heavy atom. The van der Waals surface area contributed by atoms with E-state index in [1.54, 1.807) is 6.92 Å². The molecule has 0 radical (unpaired) electrons. The molecule has 2 rings (SSSR count). The number of nitrogens with one attached hydrogen (secondary N) is 1. The van der Waals surface area contributed by atoms with Gasteiger partial charge in [0.15, 0.2) is 0 Å². The first-order valence-electron chi connectivity index (χ1n) is 10.0. The van der Waals surface area contributed by atoms with E-state index in [0.29, 0.717) is 5.56 Å². The van der Waals surface area contributed by atoms with Gasteiger partial charge in [0, 0.05) is 11.8 Å². The van der Waals surface area contributed by atoms with Gasteiger partial charge >= 0.3 is 0 Å². The van der Waals surface area contributed by atoms with Crippen molar-refractivity contribution in [3.8, 4) is 0 Å². The topological polar surface area (TPSA) is 86.3 Å². The zero-order valence-corrected chi connectivity index (χ0v) is 19.5. The predicted octanol–water partition coefficient (Wildman–Crippen LogP) is 4.03. The molecule has 0 aromatic heterocycles. The van der Waals surface area contributed by atoms with Crippen LogP contribution in [-0.2, 0) is 14.9 Å². The van der Waals surface area contributed by atoms with Gasteiger partial charge in [0.2, 0.25) is 11.5 Å². The van der Waals surface area contributed by atoms with Crippen LogP contribution in [-0.4, -0.2) is 44.3 Å². The summed E-state index contributed by atoms with van der Waals surface area (Å²) in [6, 6.07) is 4.76. The van der Waals surface area contributed by atoms with Crippen LogP contribution < -0.4 is 5.32 Å². The molecule has 1 saturated heterocycles. The van der Waals surface area contributed by atoms with E-state index >= 15 is 8.78 Å². The number of alkyl halides is 2. The van der Waals surface area contributed by atoms with Crippen LogP contribution in [0.3, 0.4) is 0 Å². The average molecular weight is 465 g/mol. The minimum atomic E-state index is -4.59. The Bertz CT molecular complexity index is 888. The fourth-order valence-electron chi connectivity index (χ4n) is 4.33. The van der Waals surface area contributed by atoms with E-state index in [4.69, 9.17) is 0 Å². The molecule has 1 aromatic rings. The molecule has 5 nitrogen and oxygen atoms in total. The van der Waals surface area contributed by atoms with Crippen LogP contribution in [0.1, 0.15) is 44.1 Å². The van der Waals surface area contributed by atoms with Gasteiger partial charge in [-0.2, -0.15) is 0 Å². The molecular weight excluding hydrogens is 435 g/mol. The fraction of sp³-hybridized carbons (Fsp3) is 0.650. The summed E-state index contributed by atoms with van der Waals surface area (Å²) < 4.78 is 78.1. The standard InChI is InChI=1S/C20H30F3NO4SSi/c1-5-19(20(22,23)30(2,3)4)12-17(24-18(19)25)10-9-15(13-29(26,27)28)14-7-6-8-16(21)11-14/h6-8,11,15,17H,5,9-10,12-13H2,1-4H3,(H,24,25)(H,26,27,28)/p-1/t15?,17-,19?/m1/s1. The summed E-state index contributed by atoms with van der Waals surface area (Å²) in [5, 5.41) is 2.66. The van der Waals surface area contributed by atoms with Crippen LogP contribution in [0.5, 0.6) is 0 Å². The van der Waals surface area contributed by atoms with Gasteiger partial charge in [-0.15, -0.1) is 0 Å². The number of amides is 1. The molecule has 10 heteroatoms. The second-order valence-corrected chi connectivity index (χ2v) is 15.8. The molecule has 1 aliphatic heterocycles. The van der Waals surface area contributed by atoms with Crippen molar-refractivity contribution < 1.29 is 30.9 Å². The van der Waals surface area contributed by atoms with Crippen LogP contribution in [0.15, 0.2) is 24.3 Å². The van der Waals surface area contributed by atoms with Crippen LogP contribution in [0, 0.1) is 11.2 Å². The average Bonchev–Trinajstić information content (AvgIpc) is 2.94. The van der Waals surface area contributed by atoms with E-state index in [1.165, 1.54) is 43.9 Å². The molecule has 0 bridgehead atoms. The Balaban J connectivity index is 2.22. The molecule has 2 unspecified atom stereocenters. The normalized spacial score (nSPS) is 24.0. The van der Waals surface area contributed by atoms with Crippen LogP contribution in [0.25, 0.3) is 0 Å². The molecule has 1 aliphatic rings. The molecule has 0 spiro atoms. The number of rotatable bonds is 9. The monoisotopic (exact) mass is 464 g/mol. The molecule has 0 aliphatic carbocycles. The summed E-state index contributed by atoms with van der Waals surface area (Å²) in [5.74, 6) is -2.74. The fourth-order valence-corrected chi connectivity index (χ4v) is 7.01. The van der Waals surface area contributed by atoms with Gasteiger partial charge in [0.05, 0.1) is 10.1 Å². The van der Waals surface area contributed by atoms with E-state index in [2.05, 4.69) is 5.32 Å². The van der Waals surface area contributed by atoms with Crippen molar-refractivity contribution in [3.05, 3.63) is 35.6 Å². The number of carbonyl (C=O) groups excluding carboxylic acids is 1. The Morgan fingerprint density at radius 1 is 1.33 bits per heavy atom. The van der Waals surface area contributed by atoms with E-state index < -0.39 is 58.6 Å². The van der Waals surface area contributed by atoms with Crippen LogP contribution >= 0.6 is 0 Å². The third-order valence-corrected chi connectivity index (χ3v) is 9.27. The first-order valence-corrected chi connectivity index (χ1v) is 15.1. The van der Waals surface area contributed by atoms with E-state index in [1.807, 2.05) is 0 Å². The summed E-state index contributed by atoms with van der Waals surface area (Å²) in [4.78, 5) is 12.7. The van der Waals surface area contributed by atoms with Crippen molar-refractivity contribution in [2.45, 2.75) is 69.8 Å². The Hall–Kier alpha value is -1.39. The molecular formula is C20H29F3NO4SSi-. The van der Waals surface area contributed by atoms with Crippen molar-refractivity contribution in [3.63, 3.8) is 0 Å². The number of carbonyl (C=O) groups is 1. The molecule has 1 aromatic carbocycles. The maximum Gasteiger partial charge on any atom is 0.243 e. The smallest absolute Gasteiger partial charge is 0.243 e. The van der Waals surface area contributed by atoms with Gasteiger partial charge in [0.1, 0.15) is 19.3 Å². The zero-order chi connectivity index (χ0) is 23.0. The van der Waals surface area contributed by atoms with Crippen molar-refractivity contribution in [2.24, 2.45) is 5.41 Å². The maximum absolute atomic E-state index is 15.3. The molecule has 1 amide bonds. The lowest BCUT2D eigenvalue weighted by molar-refractivity contribution is -0.142. The van der Waals surface area contributed by atoms with E-state index in [-0.39, 0.29) is 25.7 Å². The maximum atomic E-state index is 15.3. The molecule has 1 fully saturated rings. The quantitative estimate of drug-likeness (QED) is 0.442. The lowest BCUT2D eigenvalue weighted by atomic mass is 9.80. The summed E-state index contributed by atoms with van der Waals surface area (Å²) >= 11 is 0. The van der Waals surface area contributed by atoms with Gasteiger partial charge in [-0.1, -0.05) is 38.7 Å². The van der Waals surface area contributed by atoms with Crippen LogP contribution in [0.4, 0.5) is 13.2 Å². The SMILES string of the molecule is CCC1(C(F)(F)[Si](C)(C)C)C[C@@H](CCC(CS(=O)(=O)[O-])c2cccc(F)c2)NC1=O. The van der Waals surface area contributed by atoms with Crippen molar-refractivity contribution >= 4 is 24.1 Å². The van der Waals surface area contributed by atoms with Gasteiger partial charge in [-0.05, 0) is 49.3 Å². The molecule has 170 valence electrons. The molecule has 0 saturated carbocycles. The molecule has 1 N–H and O–H groups in total. The second-order valence-electron chi connectivity index (χ2n) is 9.19. The van der Waals surface area contributed by atoms with E-state index in [0.717, 1.165) is 0 Å². The first-order chi connectivity index (χ1) is 13.6. The zero-order valence-electron chi connectivity index (χ0n) is 17.7. The highest BCUT2D eigenvalue weighted by Gasteiger charge is 2.66. The highest BCUT2D eigenvalue weighted by Crippen LogP contribution is 2.52. The molecule has 1 heterocycles. The predicted molar refractivity (Wildman–Crippen MR) is 111 cm³/mol. The summed E-state index contributed by atoms with van der Waals surface area (Å²) in [6.07, 6.45) is 0.300. The molecule has 30 heavy (non-hydrogen) atoms. The Labute approximate surface area is 177 Å². The summed E-state index contributed by atoms with van der Waals surface area (Å²) in [5.41, 5.74) is -4.55. The number of halogens is 3. The first kappa shape index (κ1) is 24.9. The van der Waals surface area contributed by atoms with Crippen molar-refractivity contribution in [1.82, 2.24) is 5.32 Å². The third-order valence-electron chi connectivity index (χ3n) is 6.10. The van der Waals surface area contributed by atoms with Crippen molar-refractivity contribution in [2.75, 3.05) is 5.75 Å². The minimum Gasteiger partial charge on any atom is -0.748 e. The highest BCUT2D eigenvalue weighted by atomic mass is 32.2. The van der Waals surface area contributed by atoms with E-state index in [9.17, 15) is 22.2 Å². The largest absolute Gasteiger partial charge is 0.748 e. The third kappa shape index (κ3) is 5.08.